The Hall–Kier alpha value is -3.97. The normalized spacial score (nSPS) is 14.2. The fraction of sp³-hybridized carbons (Fsp3) is 0.280. The molecule has 38 heavy (non-hydrogen) atoms. The lowest BCUT2D eigenvalue weighted by Gasteiger charge is -2.26. The minimum atomic E-state index is -5.02. The second kappa shape index (κ2) is 11.6. The Labute approximate surface area is 213 Å². The molecule has 1 saturated heterocycles. The van der Waals surface area contributed by atoms with Gasteiger partial charge in [0.1, 0.15) is 11.6 Å². The number of nitrogens with one attached hydrogen (secondary N) is 1. The number of morpholine rings is 1. The quantitative estimate of drug-likeness (QED) is 0.344. The molecule has 0 unspecified atom stereocenters. The van der Waals surface area contributed by atoms with Crippen LogP contribution in [0.5, 0.6) is 5.75 Å². The van der Waals surface area contributed by atoms with Crippen LogP contribution >= 0.6 is 0 Å². The molecule has 0 aliphatic carbocycles. The summed E-state index contributed by atoms with van der Waals surface area (Å²) in [6.07, 6.45) is -2.79. The number of rotatable bonds is 8. The first kappa shape index (κ1) is 27.1. The second-order valence-corrected chi connectivity index (χ2v) is 8.35. The summed E-state index contributed by atoms with van der Waals surface area (Å²) >= 11 is 0. The summed E-state index contributed by atoms with van der Waals surface area (Å²) in [5, 5.41) is 2.39. The van der Waals surface area contributed by atoms with E-state index in [4.69, 9.17) is 4.74 Å². The Morgan fingerprint density at radius 1 is 1.00 bits per heavy atom. The Morgan fingerprint density at radius 2 is 1.71 bits per heavy atom. The highest BCUT2D eigenvalue weighted by molar-refractivity contribution is 6.00. The highest BCUT2D eigenvalue weighted by Crippen LogP contribution is 2.32. The van der Waals surface area contributed by atoms with Gasteiger partial charge in [-0.3, -0.25) is 24.5 Å². The summed E-state index contributed by atoms with van der Waals surface area (Å²) in [7, 11) is 0. The molecule has 4 rings (SSSR count). The number of nitrogens with zero attached hydrogens (tertiary/aromatic N) is 3. The van der Waals surface area contributed by atoms with Gasteiger partial charge in [0.15, 0.2) is 11.5 Å². The van der Waals surface area contributed by atoms with Crippen LogP contribution in [0.2, 0.25) is 0 Å². The van der Waals surface area contributed by atoms with Crippen LogP contribution in [0.1, 0.15) is 16.1 Å². The van der Waals surface area contributed by atoms with E-state index in [-0.39, 0.29) is 41.2 Å². The van der Waals surface area contributed by atoms with E-state index >= 15 is 0 Å². The number of ether oxygens (including phenoxy) is 2. The Bertz CT molecular complexity index is 1290. The van der Waals surface area contributed by atoms with Gasteiger partial charge in [0.05, 0.1) is 49.5 Å². The lowest BCUT2D eigenvalue weighted by Crippen LogP contribution is -2.41. The van der Waals surface area contributed by atoms with Crippen molar-refractivity contribution in [1.29, 1.82) is 0 Å². The number of alkyl halides is 3. The van der Waals surface area contributed by atoms with E-state index in [1.54, 1.807) is 4.90 Å². The summed E-state index contributed by atoms with van der Waals surface area (Å²) in [5.41, 5.74) is 0.230. The van der Waals surface area contributed by atoms with Crippen LogP contribution in [0, 0.1) is 11.6 Å². The number of aromatic nitrogens is 2. The lowest BCUT2D eigenvalue weighted by molar-refractivity contribution is -0.274. The molecule has 1 aliphatic rings. The fourth-order valence-electron chi connectivity index (χ4n) is 3.73. The SMILES string of the molecule is O=C(CN1CCOCC1)Nc1cc(C(=O)Cc2cnc(-c3cc(F)cc(F)c3)cn2)ccc1OC(F)(F)F. The van der Waals surface area contributed by atoms with Gasteiger partial charge >= 0.3 is 6.36 Å². The van der Waals surface area contributed by atoms with Gasteiger partial charge in [0.2, 0.25) is 5.91 Å². The van der Waals surface area contributed by atoms with Crippen LogP contribution in [0.15, 0.2) is 48.8 Å². The van der Waals surface area contributed by atoms with Gasteiger partial charge in [-0.25, -0.2) is 8.78 Å². The standard InChI is InChI=1S/C25H21F5N4O4/c26-17-7-16(8-18(27)10-17)21-13-31-19(12-32-21)11-22(35)15-1-2-23(38-25(28,29)30)20(9-15)33-24(36)14-34-3-5-37-6-4-34/h1-2,7-10,12-13H,3-6,11,14H2,(H,33,36). The van der Waals surface area contributed by atoms with Gasteiger partial charge in [-0.05, 0) is 30.3 Å². The molecule has 1 aromatic heterocycles. The van der Waals surface area contributed by atoms with Gasteiger partial charge in [0, 0.05) is 36.5 Å². The number of ketones is 1. The predicted octanol–water partition coefficient (Wildman–Crippen LogP) is 4.02. The zero-order chi connectivity index (χ0) is 27.3. The van der Waals surface area contributed by atoms with E-state index in [0.29, 0.717) is 32.4 Å². The summed E-state index contributed by atoms with van der Waals surface area (Å²) in [6.45, 7) is 1.77. The summed E-state index contributed by atoms with van der Waals surface area (Å²) in [5.74, 6) is -3.35. The zero-order valence-corrected chi connectivity index (χ0v) is 19.7. The molecule has 0 saturated carbocycles. The monoisotopic (exact) mass is 536 g/mol. The molecular weight excluding hydrogens is 515 g/mol. The highest BCUT2D eigenvalue weighted by atomic mass is 19.4. The Morgan fingerprint density at radius 3 is 2.34 bits per heavy atom. The third-order valence-corrected chi connectivity index (χ3v) is 5.48. The second-order valence-electron chi connectivity index (χ2n) is 8.35. The van der Waals surface area contributed by atoms with Gasteiger partial charge in [0.25, 0.3) is 0 Å². The first-order valence-corrected chi connectivity index (χ1v) is 11.4. The van der Waals surface area contributed by atoms with Crippen molar-refractivity contribution in [2.24, 2.45) is 0 Å². The fourth-order valence-corrected chi connectivity index (χ4v) is 3.73. The van der Waals surface area contributed by atoms with E-state index in [2.05, 4.69) is 20.0 Å². The molecule has 1 N–H and O–H groups in total. The van der Waals surface area contributed by atoms with Crippen molar-refractivity contribution in [2.45, 2.75) is 12.8 Å². The largest absolute Gasteiger partial charge is 0.573 e. The van der Waals surface area contributed by atoms with Crippen molar-refractivity contribution < 1.29 is 41.0 Å². The third kappa shape index (κ3) is 7.52. The first-order valence-electron chi connectivity index (χ1n) is 11.4. The molecule has 1 aliphatic heterocycles. The Kier molecular flexibility index (Phi) is 8.27. The van der Waals surface area contributed by atoms with Crippen molar-refractivity contribution in [3.63, 3.8) is 0 Å². The number of hydrogen-bond donors (Lipinski definition) is 1. The van der Waals surface area contributed by atoms with E-state index in [1.807, 2.05) is 0 Å². The number of amides is 1. The van der Waals surface area contributed by atoms with Gasteiger partial charge in [-0.15, -0.1) is 13.2 Å². The number of hydrogen-bond acceptors (Lipinski definition) is 7. The molecule has 200 valence electrons. The van der Waals surface area contributed by atoms with Crippen molar-refractivity contribution >= 4 is 17.4 Å². The van der Waals surface area contributed by atoms with Gasteiger partial charge in [-0.2, -0.15) is 0 Å². The molecule has 2 heterocycles. The van der Waals surface area contributed by atoms with Crippen LogP contribution in [0.4, 0.5) is 27.6 Å². The molecule has 8 nitrogen and oxygen atoms in total. The number of halogens is 5. The lowest BCUT2D eigenvalue weighted by atomic mass is 10.1. The molecular formula is C25H21F5N4O4. The van der Waals surface area contributed by atoms with Crippen molar-refractivity contribution in [3.8, 4) is 17.0 Å². The van der Waals surface area contributed by atoms with Gasteiger partial charge in [-0.1, -0.05) is 0 Å². The molecule has 0 spiro atoms. The molecule has 0 atom stereocenters. The summed E-state index contributed by atoms with van der Waals surface area (Å²) in [4.78, 5) is 35.3. The topological polar surface area (TPSA) is 93.7 Å². The third-order valence-electron chi connectivity index (χ3n) is 5.48. The van der Waals surface area contributed by atoms with Gasteiger partial charge < -0.3 is 14.8 Å². The van der Waals surface area contributed by atoms with Crippen molar-refractivity contribution in [2.75, 3.05) is 38.2 Å². The van der Waals surface area contributed by atoms with E-state index in [9.17, 15) is 31.5 Å². The number of carbonyl (C=O) groups excluding carboxylic acids is 2. The first-order chi connectivity index (χ1) is 18.1. The number of carbonyl (C=O) groups is 2. The molecule has 3 aromatic rings. The molecule has 13 heteroatoms. The van der Waals surface area contributed by atoms with E-state index < -0.39 is 35.4 Å². The Balaban J connectivity index is 1.49. The minimum absolute atomic E-state index is 0.000671. The molecule has 1 fully saturated rings. The number of anilines is 1. The summed E-state index contributed by atoms with van der Waals surface area (Å²) in [6, 6.07) is 6.05. The van der Waals surface area contributed by atoms with Crippen molar-refractivity contribution in [1.82, 2.24) is 14.9 Å². The molecule has 0 bridgehead atoms. The minimum Gasteiger partial charge on any atom is -0.404 e. The summed E-state index contributed by atoms with van der Waals surface area (Å²) < 4.78 is 74.8. The molecule has 2 aromatic carbocycles. The smallest absolute Gasteiger partial charge is 0.404 e. The highest BCUT2D eigenvalue weighted by Gasteiger charge is 2.32. The van der Waals surface area contributed by atoms with E-state index in [1.165, 1.54) is 12.4 Å². The maximum atomic E-state index is 13.5. The van der Waals surface area contributed by atoms with Crippen molar-refractivity contribution in [3.05, 3.63) is 71.7 Å². The molecule has 0 radical (unpaired) electrons. The average molecular weight is 536 g/mol. The maximum absolute atomic E-state index is 13.5. The maximum Gasteiger partial charge on any atom is 0.573 e. The molecule has 1 amide bonds. The van der Waals surface area contributed by atoms with Crippen LogP contribution in [-0.2, 0) is 16.0 Å². The zero-order valence-electron chi connectivity index (χ0n) is 19.7. The number of Topliss-reactive ketones (excluding diaryl/α,β-unsaturated/α-hetero) is 1. The van der Waals surface area contributed by atoms with Crippen LogP contribution in [-0.4, -0.2) is 65.8 Å². The van der Waals surface area contributed by atoms with E-state index in [0.717, 1.165) is 30.3 Å². The average Bonchev–Trinajstić information content (AvgIpc) is 2.84. The number of benzene rings is 2. The van der Waals surface area contributed by atoms with Crippen LogP contribution < -0.4 is 10.1 Å². The van der Waals surface area contributed by atoms with Crippen LogP contribution in [0.3, 0.4) is 0 Å². The van der Waals surface area contributed by atoms with Crippen LogP contribution in [0.25, 0.3) is 11.3 Å². The predicted molar refractivity (Wildman–Crippen MR) is 124 cm³/mol.